The first-order valence-corrected chi connectivity index (χ1v) is 6.88. The lowest BCUT2D eigenvalue weighted by Gasteiger charge is -2.19. The molecule has 0 spiro atoms. The SMILES string of the molecule is CCNC(=O)c1cccc(NC(COC)C2CC2)c1. The number of hydrogen-bond acceptors (Lipinski definition) is 3. The second-order valence-corrected chi connectivity index (χ2v) is 4.98. The molecule has 0 heterocycles. The Morgan fingerprint density at radius 2 is 2.26 bits per heavy atom. The molecule has 1 aromatic carbocycles. The minimum atomic E-state index is -0.0270. The molecule has 0 radical (unpaired) electrons. The van der Waals surface area contributed by atoms with Crippen molar-refractivity contribution in [3.8, 4) is 0 Å². The zero-order valence-electron chi connectivity index (χ0n) is 11.6. The lowest BCUT2D eigenvalue weighted by Crippen LogP contribution is -2.27. The molecule has 1 aliphatic carbocycles. The van der Waals surface area contributed by atoms with E-state index in [-0.39, 0.29) is 5.91 Å². The molecular formula is C15H22N2O2. The van der Waals surface area contributed by atoms with E-state index in [9.17, 15) is 4.79 Å². The van der Waals surface area contributed by atoms with Gasteiger partial charge in [-0.25, -0.2) is 0 Å². The van der Waals surface area contributed by atoms with Crippen molar-refractivity contribution in [1.29, 1.82) is 0 Å². The number of nitrogens with one attached hydrogen (secondary N) is 2. The molecule has 1 aliphatic rings. The first kappa shape index (κ1) is 13.9. The van der Waals surface area contributed by atoms with Crippen molar-refractivity contribution >= 4 is 11.6 Å². The molecule has 1 atom stereocenters. The third kappa shape index (κ3) is 3.96. The minimum Gasteiger partial charge on any atom is -0.383 e. The summed E-state index contributed by atoms with van der Waals surface area (Å²) >= 11 is 0. The number of amides is 1. The van der Waals surface area contributed by atoms with Gasteiger partial charge in [0.05, 0.1) is 12.6 Å². The van der Waals surface area contributed by atoms with Gasteiger partial charge in [-0.2, -0.15) is 0 Å². The highest BCUT2D eigenvalue weighted by molar-refractivity contribution is 5.95. The molecule has 2 rings (SSSR count). The van der Waals surface area contributed by atoms with Crippen molar-refractivity contribution in [3.63, 3.8) is 0 Å². The van der Waals surface area contributed by atoms with E-state index < -0.39 is 0 Å². The third-order valence-electron chi connectivity index (χ3n) is 3.35. The van der Waals surface area contributed by atoms with Gasteiger partial charge in [0, 0.05) is 24.9 Å². The topological polar surface area (TPSA) is 50.4 Å². The third-order valence-corrected chi connectivity index (χ3v) is 3.35. The molecule has 1 saturated carbocycles. The van der Waals surface area contributed by atoms with E-state index in [1.54, 1.807) is 7.11 Å². The van der Waals surface area contributed by atoms with Gasteiger partial charge in [-0.05, 0) is 43.9 Å². The predicted molar refractivity (Wildman–Crippen MR) is 76.5 cm³/mol. The van der Waals surface area contributed by atoms with Crippen molar-refractivity contribution in [1.82, 2.24) is 5.32 Å². The van der Waals surface area contributed by atoms with Crippen molar-refractivity contribution in [2.24, 2.45) is 5.92 Å². The van der Waals surface area contributed by atoms with E-state index in [0.717, 1.165) is 5.69 Å². The Hall–Kier alpha value is -1.55. The zero-order valence-corrected chi connectivity index (χ0v) is 11.6. The maximum atomic E-state index is 11.8. The molecule has 1 aromatic rings. The van der Waals surface area contributed by atoms with Crippen LogP contribution in [-0.4, -0.2) is 32.2 Å². The molecule has 1 fully saturated rings. The first-order chi connectivity index (χ1) is 9.24. The largest absolute Gasteiger partial charge is 0.383 e. The van der Waals surface area contributed by atoms with Gasteiger partial charge in [0.15, 0.2) is 0 Å². The number of ether oxygens (including phenoxy) is 1. The molecule has 19 heavy (non-hydrogen) atoms. The normalized spacial score (nSPS) is 15.9. The number of rotatable bonds is 7. The summed E-state index contributed by atoms with van der Waals surface area (Å²) in [6.07, 6.45) is 2.52. The van der Waals surface area contributed by atoms with E-state index >= 15 is 0 Å². The fraction of sp³-hybridized carbons (Fsp3) is 0.533. The van der Waals surface area contributed by atoms with E-state index in [2.05, 4.69) is 10.6 Å². The van der Waals surface area contributed by atoms with Crippen LogP contribution in [0.15, 0.2) is 24.3 Å². The van der Waals surface area contributed by atoms with E-state index in [1.165, 1.54) is 12.8 Å². The molecule has 0 bridgehead atoms. The average Bonchev–Trinajstić information content (AvgIpc) is 3.23. The molecule has 4 heteroatoms. The maximum Gasteiger partial charge on any atom is 0.251 e. The van der Waals surface area contributed by atoms with Crippen LogP contribution < -0.4 is 10.6 Å². The quantitative estimate of drug-likeness (QED) is 0.792. The van der Waals surface area contributed by atoms with Gasteiger partial charge >= 0.3 is 0 Å². The van der Waals surface area contributed by atoms with Gasteiger partial charge in [-0.15, -0.1) is 0 Å². The Morgan fingerprint density at radius 1 is 1.47 bits per heavy atom. The second kappa shape index (κ2) is 6.57. The van der Waals surface area contributed by atoms with Crippen LogP contribution in [0.25, 0.3) is 0 Å². The van der Waals surface area contributed by atoms with Crippen LogP contribution in [0.4, 0.5) is 5.69 Å². The molecule has 0 saturated heterocycles. The van der Waals surface area contributed by atoms with Gasteiger partial charge < -0.3 is 15.4 Å². The fourth-order valence-electron chi connectivity index (χ4n) is 2.20. The number of anilines is 1. The average molecular weight is 262 g/mol. The van der Waals surface area contributed by atoms with Crippen LogP contribution in [-0.2, 0) is 4.74 Å². The fourth-order valence-corrected chi connectivity index (χ4v) is 2.20. The van der Waals surface area contributed by atoms with Gasteiger partial charge in [0.25, 0.3) is 5.91 Å². The highest BCUT2D eigenvalue weighted by atomic mass is 16.5. The Kier molecular flexibility index (Phi) is 4.80. The summed E-state index contributed by atoms with van der Waals surface area (Å²) in [5.41, 5.74) is 1.68. The molecular weight excluding hydrogens is 240 g/mol. The summed E-state index contributed by atoms with van der Waals surface area (Å²) in [5, 5.41) is 6.29. The highest BCUT2D eigenvalue weighted by Gasteiger charge is 2.31. The highest BCUT2D eigenvalue weighted by Crippen LogP contribution is 2.34. The molecule has 4 nitrogen and oxygen atoms in total. The van der Waals surface area contributed by atoms with E-state index in [1.807, 2.05) is 31.2 Å². The Bertz CT molecular complexity index is 430. The smallest absolute Gasteiger partial charge is 0.251 e. The summed E-state index contributed by atoms with van der Waals surface area (Å²) in [7, 11) is 1.72. The van der Waals surface area contributed by atoms with Crippen LogP contribution in [0.5, 0.6) is 0 Å². The molecule has 1 unspecified atom stereocenters. The van der Waals surface area contributed by atoms with Crippen LogP contribution in [0, 0.1) is 5.92 Å². The van der Waals surface area contributed by atoms with Crippen molar-refractivity contribution in [2.75, 3.05) is 25.6 Å². The Balaban J connectivity index is 2.03. The van der Waals surface area contributed by atoms with E-state index in [0.29, 0.717) is 30.7 Å². The lowest BCUT2D eigenvalue weighted by molar-refractivity contribution is 0.0956. The predicted octanol–water partition coefficient (Wildman–Crippen LogP) is 2.27. The zero-order chi connectivity index (χ0) is 13.7. The standard InChI is InChI=1S/C15H22N2O2/c1-3-16-15(18)12-5-4-6-13(9-12)17-14(10-19-2)11-7-8-11/h4-6,9,11,14,17H,3,7-8,10H2,1-2H3,(H,16,18). The van der Waals surface area contributed by atoms with Crippen molar-refractivity contribution in [2.45, 2.75) is 25.8 Å². The maximum absolute atomic E-state index is 11.8. The molecule has 104 valence electrons. The lowest BCUT2D eigenvalue weighted by atomic mass is 10.1. The number of hydrogen-bond donors (Lipinski definition) is 2. The van der Waals surface area contributed by atoms with Crippen LogP contribution >= 0.6 is 0 Å². The number of carbonyl (C=O) groups is 1. The summed E-state index contributed by atoms with van der Waals surface area (Å²) in [6.45, 7) is 3.27. The van der Waals surface area contributed by atoms with Crippen molar-refractivity contribution in [3.05, 3.63) is 29.8 Å². The van der Waals surface area contributed by atoms with Crippen LogP contribution in [0.3, 0.4) is 0 Å². The van der Waals surface area contributed by atoms with Gasteiger partial charge in [-0.1, -0.05) is 6.07 Å². The number of methoxy groups -OCH3 is 1. The Morgan fingerprint density at radius 3 is 2.89 bits per heavy atom. The summed E-state index contributed by atoms with van der Waals surface area (Å²) in [4.78, 5) is 11.8. The van der Waals surface area contributed by atoms with Gasteiger partial charge in [0.1, 0.15) is 0 Å². The minimum absolute atomic E-state index is 0.0270. The van der Waals surface area contributed by atoms with Crippen LogP contribution in [0.2, 0.25) is 0 Å². The summed E-state index contributed by atoms with van der Waals surface area (Å²) in [5.74, 6) is 0.675. The van der Waals surface area contributed by atoms with Crippen molar-refractivity contribution < 1.29 is 9.53 Å². The second-order valence-electron chi connectivity index (χ2n) is 4.98. The van der Waals surface area contributed by atoms with Gasteiger partial charge in [-0.3, -0.25) is 4.79 Å². The molecule has 0 aromatic heterocycles. The van der Waals surface area contributed by atoms with E-state index in [4.69, 9.17) is 4.74 Å². The molecule has 0 aliphatic heterocycles. The monoisotopic (exact) mass is 262 g/mol. The summed E-state index contributed by atoms with van der Waals surface area (Å²) in [6, 6.07) is 7.97. The molecule has 1 amide bonds. The number of carbonyl (C=O) groups excluding carboxylic acids is 1. The first-order valence-electron chi connectivity index (χ1n) is 6.88. The Labute approximate surface area is 114 Å². The molecule has 2 N–H and O–H groups in total. The number of benzene rings is 1. The summed E-state index contributed by atoms with van der Waals surface area (Å²) < 4.78 is 5.25. The van der Waals surface area contributed by atoms with Gasteiger partial charge in [0.2, 0.25) is 0 Å². The van der Waals surface area contributed by atoms with Crippen LogP contribution in [0.1, 0.15) is 30.1 Å².